The van der Waals surface area contributed by atoms with Crippen LogP contribution in [0.4, 0.5) is 11.4 Å². The Morgan fingerprint density at radius 1 is 1.04 bits per heavy atom. The molecule has 1 unspecified atom stereocenters. The van der Waals surface area contributed by atoms with Crippen LogP contribution in [-0.4, -0.2) is 39.7 Å². The van der Waals surface area contributed by atoms with E-state index in [0.717, 1.165) is 5.56 Å². The van der Waals surface area contributed by atoms with Crippen molar-refractivity contribution < 1.29 is 23.8 Å². The van der Waals surface area contributed by atoms with Crippen molar-refractivity contribution in [1.29, 1.82) is 0 Å². The van der Waals surface area contributed by atoms with Crippen LogP contribution >= 0.6 is 0 Å². The maximum absolute atomic E-state index is 12.8. The topological polar surface area (TPSA) is 77.1 Å². The lowest BCUT2D eigenvalue weighted by Gasteiger charge is -2.20. The summed E-state index contributed by atoms with van der Waals surface area (Å²) in [6, 6.07) is 10.8. The second kappa shape index (κ2) is 8.21. The Kier molecular flexibility index (Phi) is 5.73. The zero-order valence-electron chi connectivity index (χ0n) is 16.4. The third-order valence-corrected chi connectivity index (χ3v) is 4.79. The first-order valence-corrected chi connectivity index (χ1v) is 8.94. The number of nitrogens with one attached hydrogen (secondary N) is 1. The average molecular weight is 384 g/mol. The largest absolute Gasteiger partial charge is 0.497 e. The molecule has 1 heterocycles. The molecular weight excluding hydrogens is 360 g/mol. The van der Waals surface area contributed by atoms with E-state index in [9.17, 15) is 9.59 Å². The number of anilines is 2. The van der Waals surface area contributed by atoms with Crippen LogP contribution in [0.3, 0.4) is 0 Å². The SMILES string of the molecule is COc1ccc(OC)c(N2CC(C(=O)Nc3cc(C)ccc3OC)CC2=O)c1. The molecule has 3 rings (SSSR count). The fraction of sp³-hybridized carbons (Fsp3) is 0.333. The molecule has 1 aliphatic heterocycles. The quantitative estimate of drug-likeness (QED) is 0.828. The van der Waals surface area contributed by atoms with Crippen molar-refractivity contribution in [1.82, 2.24) is 0 Å². The Hall–Kier alpha value is -3.22. The van der Waals surface area contributed by atoms with E-state index >= 15 is 0 Å². The number of methoxy groups -OCH3 is 3. The summed E-state index contributed by atoms with van der Waals surface area (Å²) in [6.07, 6.45) is 0.125. The Morgan fingerprint density at radius 3 is 2.43 bits per heavy atom. The third-order valence-electron chi connectivity index (χ3n) is 4.79. The minimum atomic E-state index is -0.478. The molecule has 0 bridgehead atoms. The maximum atomic E-state index is 12.8. The third kappa shape index (κ3) is 3.88. The molecule has 0 spiro atoms. The zero-order valence-corrected chi connectivity index (χ0v) is 16.4. The number of carbonyl (C=O) groups excluding carboxylic acids is 2. The molecule has 0 aromatic heterocycles. The minimum Gasteiger partial charge on any atom is -0.497 e. The lowest BCUT2D eigenvalue weighted by atomic mass is 10.1. The Morgan fingerprint density at radius 2 is 1.75 bits per heavy atom. The van der Waals surface area contributed by atoms with Crippen LogP contribution in [-0.2, 0) is 9.59 Å². The summed E-state index contributed by atoms with van der Waals surface area (Å²) in [5.41, 5.74) is 2.19. The van der Waals surface area contributed by atoms with Crippen molar-refractivity contribution in [3.05, 3.63) is 42.0 Å². The molecule has 7 nitrogen and oxygen atoms in total. The van der Waals surface area contributed by atoms with Crippen molar-refractivity contribution in [2.75, 3.05) is 38.1 Å². The molecule has 1 fully saturated rings. The fourth-order valence-electron chi connectivity index (χ4n) is 3.28. The summed E-state index contributed by atoms with van der Waals surface area (Å²) in [6.45, 7) is 2.20. The highest BCUT2D eigenvalue weighted by molar-refractivity contribution is 6.04. The predicted octanol–water partition coefficient (Wildman–Crippen LogP) is 3.01. The normalized spacial score (nSPS) is 16.1. The van der Waals surface area contributed by atoms with Crippen LogP contribution in [0.25, 0.3) is 0 Å². The van der Waals surface area contributed by atoms with Gasteiger partial charge < -0.3 is 24.4 Å². The molecule has 1 atom stereocenters. The molecule has 0 radical (unpaired) electrons. The van der Waals surface area contributed by atoms with Crippen LogP contribution in [0.2, 0.25) is 0 Å². The van der Waals surface area contributed by atoms with Crippen molar-refractivity contribution in [3.63, 3.8) is 0 Å². The Balaban J connectivity index is 1.80. The lowest BCUT2D eigenvalue weighted by molar-refractivity contribution is -0.122. The van der Waals surface area contributed by atoms with Crippen molar-refractivity contribution in [2.45, 2.75) is 13.3 Å². The molecule has 0 aliphatic carbocycles. The first-order valence-electron chi connectivity index (χ1n) is 8.94. The number of ether oxygens (including phenoxy) is 3. The number of carbonyl (C=O) groups is 2. The molecule has 1 aliphatic rings. The van der Waals surface area contributed by atoms with Gasteiger partial charge >= 0.3 is 0 Å². The van der Waals surface area contributed by atoms with Crippen molar-refractivity contribution in [2.24, 2.45) is 5.92 Å². The van der Waals surface area contributed by atoms with Gasteiger partial charge in [-0.2, -0.15) is 0 Å². The van der Waals surface area contributed by atoms with E-state index in [-0.39, 0.29) is 24.8 Å². The van der Waals surface area contributed by atoms with Gasteiger partial charge in [-0.05, 0) is 36.8 Å². The van der Waals surface area contributed by atoms with Gasteiger partial charge in [-0.25, -0.2) is 0 Å². The van der Waals surface area contributed by atoms with E-state index in [1.807, 2.05) is 19.1 Å². The zero-order chi connectivity index (χ0) is 20.3. The lowest BCUT2D eigenvalue weighted by Crippen LogP contribution is -2.28. The van der Waals surface area contributed by atoms with Gasteiger partial charge in [0.05, 0.1) is 38.6 Å². The van der Waals surface area contributed by atoms with Gasteiger partial charge in [0.1, 0.15) is 17.2 Å². The minimum absolute atomic E-state index is 0.125. The summed E-state index contributed by atoms with van der Waals surface area (Å²) < 4.78 is 15.9. The second-order valence-corrected chi connectivity index (χ2v) is 6.64. The van der Waals surface area contributed by atoms with Gasteiger partial charge in [-0.1, -0.05) is 6.07 Å². The van der Waals surface area contributed by atoms with E-state index in [2.05, 4.69) is 5.32 Å². The van der Waals surface area contributed by atoms with Crippen LogP contribution in [0.5, 0.6) is 17.2 Å². The molecule has 1 saturated heterocycles. The van der Waals surface area contributed by atoms with Crippen LogP contribution in [0.15, 0.2) is 36.4 Å². The highest BCUT2D eigenvalue weighted by Crippen LogP contribution is 2.36. The molecule has 148 valence electrons. The van der Waals surface area contributed by atoms with Crippen LogP contribution in [0.1, 0.15) is 12.0 Å². The Labute approximate surface area is 164 Å². The number of amides is 2. The summed E-state index contributed by atoms with van der Waals surface area (Å²) in [5, 5.41) is 2.89. The van der Waals surface area contributed by atoms with E-state index in [4.69, 9.17) is 14.2 Å². The number of nitrogens with zero attached hydrogens (tertiary/aromatic N) is 1. The van der Waals surface area contributed by atoms with Gasteiger partial charge in [0.25, 0.3) is 0 Å². The smallest absolute Gasteiger partial charge is 0.229 e. The number of rotatable bonds is 6. The molecular formula is C21H24N2O5. The predicted molar refractivity (Wildman–Crippen MR) is 106 cm³/mol. The number of aryl methyl sites for hydroxylation is 1. The van der Waals surface area contributed by atoms with E-state index in [1.165, 1.54) is 0 Å². The molecule has 2 aromatic carbocycles. The second-order valence-electron chi connectivity index (χ2n) is 6.64. The van der Waals surface area contributed by atoms with Gasteiger partial charge in [-0.3, -0.25) is 9.59 Å². The summed E-state index contributed by atoms with van der Waals surface area (Å²) >= 11 is 0. The Bertz CT molecular complexity index is 896. The monoisotopic (exact) mass is 384 g/mol. The molecule has 2 aromatic rings. The summed E-state index contributed by atoms with van der Waals surface area (Å²) in [5.74, 6) is 0.907. The first-order chi connectivity index (χ1) is 13.5. The number of hydrogen-bond donors (Lipinski definition) is 1. The number of hydrogen-bond acceptors (Lipinski definition) is 5. The highest BCUT2D eigenvalue weighted by Gasteiger charge is 2.36. The van der Waals surface area contributed by atoms with E-state index in [0.29, 0.717) is 28.6 Å². The van der Waals surface area contributed by atoms with Gasteiger partial charge in [0.15, 0.2) is 0 Å². The summed E-state index contributed by atoms with van der Waals surface area (Å²) in [4.78, 5) is 27.0. The maximum Gasteiger partial charge on any atom is 0.229 e. The molecule has 1 N–H and O–H groups in total. The average Bonchev–Trinajstić information content (AvgIpc) is 3.09. The van der Waals surface area contributed by atoms with Crippen LogP contribution in [0, 0.1) is 12.8 Å². The fourth-order valence-corrected chi connectivity index (χ4v) is 3.28. The molecule has 7 heteroatoms. The molecule has 0 saturated carbocycles. The standard InChI is InChI=1S/C21H24N2O5/c1-13-5-7-18(27-3)16(9-13)22-21(25)14-10-20(24)23(12-14)17-11-15(26-2)6-8-19(17)28-4/h5-9,11,14H,10,12H2,1-4H3,(H,22,25). The van der Waals surface area contributed by atoms with E-state index in [1.54, 1.807) is 50.5 Å². The van der Waals surface area contributed by atoms with E-state index < -0.39 is 5.92 Å². The summed E-state index contributed by atoms with van der Waals surface area (Å²) in [7, 11) is 4.65. The van der Waals surface area contributed by atoms with Gasteiger partial charge in [0, 0.05) is 19.0 Å². The van der Waals surface area contributed by atoms with Gasteiger partial charge in [-0.15, -0.1) is 0 Å². The molecule has 2 amide bonds. The number of benzene rings is 2. The first kappa shape index (κ1) is 19.5. The van der Waals surface area contributed by atoms with Crippen molar-refractivity contribution in [3.8, 4) is 17.2 Å². The highest BCUT2D eigenvalue weighted by atomic mass is 16.5. The molecule has 28 heavy (non-hydrogen) atoms. The van der Waals surface area contributed by atoms with Crippen LogP contribution < -0.4 is 24.4 Å². The van der Waals surface area contributed by atoms with Crippen molar-refractivity contribution >= 4 is 23.2 Å². The van der Waals surface area contributed by atoms with Gasteiger partial charge in [0.2, 0.25) is 11.8 Å².